The lowest BCUT2D eigenvalue weighted by Gasteiger charge is -2.15. The van der Waals surface area contributed by atoms with Gasteiger partial charge < -0.3 is 15.0 Å². The first-order chi connectivity index (χ1) is 12.6. The van der Waals surface area contributed by atoms with Crippen LogP contribution in [0.25, 0.3) is 0 Å². The molecule has 1 aromatic carbocycles. The summed E-state index contributed by atoms with van der Waals surface area (Å²) in [6, 6.07) is 10.6. The predicted octanol–water partition coefficient (Wildman–Crippen LogP) is 2.24. The number of carbonyl (C=O) groups is 1. The number of imidazole rings is 1. The Morgan fingerprint density at radius 1 is 1.31 bits per heavy atom. The van der Waals surface area contributed by atoms with Gasteiger partial charge in [-0.2, -0.15) is 5.10 Å². The molecule has 7 nitrogen and oxygen atoms in total. The molecule has 0 saturated carbocycles. The molecule has 0 radical (unpaired) electrons. The molecule has 136 valence electrons. The van der Waals surface area contributed by atoms with Gasteiger partial charge in [0.1, 0.15) is 11.5 Å². The number of benzene rings is 1. The van der Waals surface area contributed by atoms with Crippen molar-refractivity contribution in [3.8, 4) is 0 Å². The number of H-pyrrole nitrogens is 1. The van der Waals surface area contributed by atoms with Gasteiger partial charge in [-0.05, 0) is 11.6 Å². The van der Waals surface area contributed by atoms with Crippen LogP contribution in [-0.2, 0) is 6.54 Å². The van der Waals surface area contributed by atoms with Gasteiger partial charge in [-0.15, -0.1) is 0 Å². The molecule has 0 saturated heterocycles. The van der Waals surface area contributed by atoms with Gasteiger partial charge in [0.15, 0.2) is 0 Å². The van der Waals surface area contributed by atoms with Crippen LogP contribution in [-0.4, -0.2) is 37.4 Å². The lowest BCUT2D eigenvalue weighted by Crippen LogP contribution is -2.31. The van der Waals surface area contributed by atoms with Gasteiger partial charge in [0.25, 0.3) is 5.91 Å². The zero-order valence-corrected chi connectivity index (χ0v) is 14.9. The SMILES string of the molecule is CC(C)c1nccn1Cc1cc(C(=O)N[C@H](CO)c2ccccc2)n[nH]1. The van der Waals surface area contributed by atoms with Crippen LogP contribution in [0.5, 0.6) is 0 Å². The Labute approximate surface area is 152 Å². The number of aromatic nitrogens is 4. The number of aromatic amines is 1. The zero-order valence-electron chi connectivity index (χ0n) is 14.9. The maximum atomic E-state index is 12.5. The van der Waals surface area contributed by atoms with Crippen molar-refractivity contribution in [3.63, 3.8) is 0 Å². The van der Waals surface area contributed by atoms with Gasteiger partial charge in [-0.3, -0.25) is 9.89 Å². The maximum Gasteiger partial charge on any atom is 0.272 e. The fraction of sp³-hybridized carbons (Fsp3) is 0.316. The van der Waals surface area contributed by atoms with E-state index in [0.717, 1.165) is 17.1 Å². The summed E-state index contributed by atoms with van der Waals surface area (Å²) in [6.07, 6.45) is 3.68. The quantitative estimate of drug-likeness (QED) is 0.607. The standard InChI is InChI=1S/C19H23N5O2/c1-13(2)18-20-8-9-24(18)11-15-10-16(23-22-15)19(26)21-17(12-25)14-6-4-3-5-7-14/h3-10,13,17,25H,11-12H2,1-2H3,(H,21,26)(H,22,23)/t17-/m1/s1. The molecule has 3 aromatic rings. The van der Waals surface area contributed by atoms with Gasteiger partial charge >= 0.3 is 0 Å². The van der Waals surface area contributed by atoms with E-state index in [-0.39, 0.29) is 12.5 Å². The Balaban J connectivity index is 1.69. The maximum absolute atomic E-state index is 12.5. The summed E-state index contributed by atoms with van der Waals surface area (Å²) >= 11 is 0. The van der Waals surface area contributed by atoms with Gasteiger partial charge in [0.05, 0.1) is 24.9 Å². The summed E-state index contributed by atoms with van der Waals surface area (Å²) in [4.78, 5) is 16.8. The van der Waals surface area contributed by atoms with Crippen molar-refractivity contribution in [2.75, 3.05) is 6.61 Å². The van der Waals surface area contributed by atoms with Gasteiger partial charge in [0.2, 0.25) is 0 Å². The second-order valence-corrected chi connectivity index (χ2v) is 6.47. The van der Waals surface area contributed by atoms with E-state index in [1.165, 1.54) is 0 Å². The van der Waals surface area contributed by atoms with Crippen LogP contribution in [0, 0.1) is 0 Å². The number of rotatable bonds is 7. The number of aliphatic hydroxyl groups is 1. The first kappa shape index (κ1) is 17.9. The summed E-state index contributed by atoms with van der Waals surface area (Å²) in [5.74, 6) is 0.965. The molecule has 3 N–H and O–H groups in total. The molecule has 7 heteroatoms. The number of amides is 1. The summed E-state index contributed by atoms with van der Waals surface area (Å²) < 4.78 is 2.03. The zero-order chi connectivity index (χ0) is 18.5. The third-order valence-corrected chi connectivity index (χ3v) is 4.16. The van der Waals surface area contributed by atoms with Crippen molar-refractivity contribution in [1.82, 2.24) is 25.1 Å². The Kier molecular flexibility index (Phi) is 5.48. The van der Waals surface area contributed by atoms with E-state index in [0.29, 0.717) is 18.2 Å². The third-order valence-electron chi connectivity index (χ3n) is 4.16. The molecule has 2 aromatic heterocycles. The lowest BCUT2D eigenvalue weighted by atomic mass is 10.1. The van der Waals surface area contributed by atoms with E-state index in [9.17, 15) is 9.90 Å². The molecule has 0 aliphatic heterocycles. The minimum absolute atomic E-state index is 0.181. The van der Waals surface area contributed by atoms with Crippen molar-refractivity contribution in [1.29, 1.82) is 0 Å². The average Bonchev–Trinajstić information content (AvgIpc) is 3.30. The van der Waals surface area contributed by atoms with E-state index >= 15 is 0 Å². The molecule has 0 bridgehead atoms. The van der Waals surface area contributed by atoms with Gasteiger partial charge in [0, 0.05) is 18.3 Å². The molecule has 1 atom stereocenters. The number of hydrogen-bond acceptors (Lipinski definition) is 4. The van der Waals surface area contributed by atoms with E-state index in [1.54, 1.807) is 12.3 Å². The number of carbonyl (C=O) groups excluding carboxylic acids is 1. The van der Waals surface area contributed by atoms with Crippen LogP contribution in [0.2, 0.25) is 0 Å². The fourth-order valence-corrected chi connectivity index (χ4v) is 2.85. The third kappa shape index (κ3) is 4.00. The highest BCUT2D eigenvalue weighted by Gasteiger charge is 2.17. The second kappa shape index (κ2) is 7.97. The number of nitrogens with one attached hydrogen (secondary N) is 2. The average molecular weight is 353 g/mol. The first-order valence-electron chi connectivity index (χ1n) is 8.60. The molecular weight excluding hydrogens is 330 g/mol. The highest BCUT2D eigenvalue weighted by molar-refractivity contribution is 5.92. The van der Waals surface area contributed by atoms with Crippen molar-refractivity contribution >= 4 is 5.91 Å². The molecule has 3 rings (SSSR count). The Morgan fingerprint density at radius 3 is 2.77 bits per heavy atom. The van der Waals surface area contributed by atoms with Gasteiger partial charge in [-0.1, -0.05) is 44.2 Å². The fourth-order valence-electron chi connectivity index (χ4n) is 2.85. The van der Waals surface area contributed by atoms with Crippen LogP contribution in [0.4, 0.5) is 0 Å². The monoisotopic (exact) mass is 353 g/mol. The summed E-state index contributed by atoms with van der Waals surface area (Å²) in [6.45, 7) is 4.56. The second-order valence-electron chi connectivity index (χ2n) is 6.47. The highest BCUT2D eigenvalue weighted by Crippen LogP contribution is 2.15. The minimum Gasteiger partial charge on any atom is -0.394 e. The Hall–Kier alpha value is -2.93. The number of hydrogen-bond donors (Lipinski definition) is 3. The first-order valence-corrected chi connectivity index (χ1v) is 8.60. The number of aliphatic hydroxyl groups excluding tert-OH is 1. The van der Waals surface area contributed by atoms with Crippen LogP contribution >= 0.6 is 0 Å². The highest BCUT2D eigenvalue weighted by atomic mass is 16.3. The minimum atomic E-state index is -0.468. The Morgan fingerprint density at radius 2 is 2.08 bits per heavy atom. The van der Waals surface area contributed by atoms with Crippen molar-refractivity contribution in [3.05, 3.63) is 71.6 Å². The Bertz CT molecular complexity index is 854. The van der Waals surface area contributed by atoms with Crippen LogP contribution < -0.4 is 5.32 Å². The van der Waals surface area contributed by atoms with Crippen LogP contribution in [0.3, 0.4) is 0 Å². The molecule has 0 aliphatic rings. The molecule has 0 fully saturated rings. The van der Waals surface area contributed by atoms with Crippen molar-refractivity contribution in [2.45, 2.75) is 32.4 Å². The topological polar surface area (TPSA) is 95.8 Å². The molecule has 2 heterocycles. The van der Waals surface area contributed by atoms with Crippen molar-refractivity contribution < 1.29 is 9.90 Å². The van der Waals surface area contributed by atoms with E-state index < -0.39 is 6.04 Å². The largest absolute Gasteiger partial charge is 0.394 e. The lowest BCUT2D eigenvalue weighted by molar-refractivity contribution is 0.0911. The molecule has 1 amide bonds. The number of nitrogens with zero attached hydrogens (tertiary/aromatic N) is 3. The molecular formula is C19H23N5O2. The van der Waals surface area contributed by atoms with E-state index in [2.05, 4.69) is 34.3 Å². The summed E-state index contributed by atoms with van der Waals surface area (Å²) in [7, 11) is 0. The molecule has 26 heavy (non-hydrogen) atoms. The van der Waals surface area contributed by atoms with E-state index in [4.69, 9.17) is 0 Å². The molecule has 0 unspecified atom stereocenters. The summed E-state index contributed by atoms with van der Waals surface area (Å²) in [5, 5.41) is 19.4. The molecule has 0 aliphatic carbocycles. The summed E-state index contributed by atoms with van der Waals surface area (Å²) in [5.41, 5.74) is 1.95. The smallest absolute Gasteiger partial charge is 0.272 e. The van der Waals surface area contributed by atoms with Crippen LogP contribution in [0.15, 0.2) is 48.8 Å². The van der Waals surface area contributed by atoms with Crippen molar-refractivity contribution in [2.24, 2.45) is 0 Å². The van der Waals surface area contributed by atoms with Gasteiger partial charge in [-0.25, -0.2) is 4.98 Å². The van der Waals surface area contributed by atoms with E-state index in [1.807, 2.05) is 41.1 Å². The molecule has 0 spiro atoms. The van der Waals surface area contributed by atoms with Crippen LogP contribution in [0.1, 0.15) is 53.4 Å². The predicted molar refractivity (Wildman–Crippen MR) is 97.7 cm³/mol. The normalized spacial score (nSPS) is 12.3.